The van der Waals surface area contributed by atoms with Crippen molar-refractivity contribution in [2.75, 3.05) is 14.2 Å². The molecule has 21 heavy (non-hydrogen) atoms. The molecule has 0 heterocycles. The molecule has 5 heteroatoms. The first-order valence-corrected chi connectivity index (χ1v) is 7.24. The first kappa shape index (κ1) is 15.9. The van der Waals surface area contributed by atoms with Crippen LogP contribution in [0.4, 0.5) is 8.78 Å². The maximum Gasteiger partial charge on any atom is 0.134 e. The number of ether oxygens (including phenoxy) is 1. The molecule has 0 amide bonds. The smallest absolute Gasteiger partial charge is 0.134 e. The summed E-state index contributed by atoms with van der Waals surface area (Å²) in [5.41, 5.74) is 1.06. The van der Waals surface area contributed by atoms with E-state index in [1.807, 2.05) is 6.07 Å². The lowest BCUT2D eigenvalue weighted by molar-refractivity contribution is 0.403. The molecule has 2 aromatic carbocycles. The minimum atomic E-state index is -0.641. The third-order valence-electron chi connectivity index (χ3n) is 3.40. The van der Waals surface area contributed by atoms with Gasteiger partial charge in [0, 0.05) is 15.6 Å². The summed E-state index contributed by atoms with van der Waals surface area (Å²) in [4.78, 5) is 0. The summed E-state index contributed by atoms with van der Waals surface area (Å²) in [6, 6.07) is 7.44. The molecule has 112 valence electrons. The van der Waals surface area contributed by atoms with E-state index in [9.17, 15) is 8.78 Å². The first-order chi connectivity index (χ1) is 9.99. The van der Waals surface area contributed by atoms with E-state index in [1.165, 1.54) is 19.2 Å². The Morgan fingerprint density at radius 2 is 1.90 bits per heavy atom. The molecule has 0 fully saturated rings. The zero-order valence-corrected chi connectivity index (χ0v) is 13.6. The van der Waals surface area contributed by atoms with Gasteiger partial charge in [-0.05, 0) is 43.8 Å². The minimum absolute atomic E-state index is 0.00565. The van der Waals surface area contributed by atoms with Crippen molar-refractivity contribution in [3.63, 3.8) is 0 Å². The van der Waals surface area contributed by atoms with Gasteiger partial charge in [-0.25, -0.2) is 8.78 Å². The van der Waals surface area contributed by atoms with Crippen molar-refractivity contribution in [1.82, 2.24) is 5.32 Å². The van der Waals surface area contributed by atoms with Crippen LogP contribution in [-0.2, 0) is 0 Å². The highest BCUT2D eigenvalue weighted by molar-refractivity contribution is 9.10. The predicted molar refractivity (Wildman–Crippen MR) is 82.7 cm³/mol. The van der Waals surface area contributed by atoms with Crippen LogP contribution >= 0.6 is 15.9 Å². The van der Waals surface area contributed by atoms with Gasteiger partial charge in [-0.1, -0.05) is 22.0 Å². The molecule has 0 aliphatic rings. The number of hydrogen-bond donors (Lipinski definition) is 1. The quantitative estimate of drug-likeness (QED) is 0.879. The van der Waals surface area contributed by atoms with Crippen molar-refractivity contribution < 1.29 is 13.5 Å². The third kappa shape index (κ3) is 3.09. The average molecular weight is 356 g/mol. The van der Waals surface area contributed by atoms with Crippen LogP contribution in [0.15, 0.2) is 34.8 Å². The van der Waals surface area contributed by atoms with Gasteiger partial charge >= 0.3 is 0 Å². The summed E-state index contributed by atoms with van der Waals surface area (Å²) in [7, 11) is 3.19. The lowest BCUT2D eigenvalue weighted by Crippen LogP contribution is -2.21. The van der Waals surface area contributed by atoms with Crippen LogP contribution in [-0.4, -0.2) is 14.2 Å². The zero-order chi connectivity index (χ0) is 15.6. The largest absolute Gasteiger partial charge is 0.496 e. The van der Waals surface area contributed by atoms with Crippen molar-refractivity contribution in [3.05, 3.63) is 63.1 Å². The molecule has 0 saturated heterocycles. The lowest BCUT2D eigenvalue weighted by Gasteiger charge is -2.22. The number of benzene rings is 2. The Morgan fingerprint density at radius 1 is 1.19 bits per heavy atom. The zero-order valence-electron chi connectivity index (χ0n) is 12.0. The topological polar surface area (TPSA) is 21.3 Å². The van der Waals surface area contributed by atoms with Crippen LogP contribution in [0.2, 0.25) is 0 Å². The summed E-state index contributed by atoms with van der Waals surface area (Å²) in [5, 5.41) is 2.96. The Morgan fingerprint density at radius 3 is 2.52 bits per heavy atom. The first-order valence-electron chi connectivity index (χ1n) is 6.44. The van der Waals surface area contributed by atoms with Crippen molar-refractivity contribution in [2.45, 2.75) is 13.0 Å². The second-order valence-electron chi connectivity index (χ2n) is 4.70. The van der Waals surface area contributed by atoms with Crippen molar-refractivity contribution in [1.29, 1.82) is 0 Å². The number of methoxy groups -OCH3 is 1. The fourth-order valence-electron chi connectivity index (χ4n) is 2.33. The summed E-state index contributed by atoms with van der Waals surface area (Å²) in [6.45, 7) is 1.61. The fraction of sp³-hybridized carbons (Fsp3) is 0.250. The number of aryl methyl sites for hydroxylation is 1. The van der Waals surface area contributed by atoms with Gasteiger partial charge in [-0.2, -0.15) is 0 Å². The summed E-state index contributed by atoms with van der Waals surface area (Å²) in [6.07, 6.45) is 0. The molecule has 2 aromatic rings. The Bertz CT molecular complexity index is 661. The molecular formula is C16H16BrF2NO. The van der Waals surface area contributed by atoms with E-state index < -0.39 is 17.7 Å². The molecule has 0 spiro atoms. The van der Waals surface area contributed by atoms with Crippen LogP contribution < -0.4 is 10.1 Å². The SMILES string of the molecule is CNC(c1cc(Br)ccc1OC)c1c(F)ccc(C)c1F. The molecule has 0 aliphatic carbocycles. The molecule has 1 unspecified atom stereocenters. The van der Waals surface area contributed by atoms with Crippen LogP contribution in [0.1, 0.15) is 22.7 Å². The molecule has 1 atom stereocenters. The van der Waals surface area contributed by atoms with Crippen LogP contribution in [0.5, 0.6) is 5.75 Å². The van der Waals surface area contributed by atoms with Gasteiger partial charge in [0.15, 0.2) is 0 Å². The van der Waals surface area contributed by atoms with Crippen molar-refractivity contribution in [3.8, 4) is 5.75 Å². The van der Waals surface area contributed by atoms with Gasteiger partial charge in [-0.3, -0.25) is 0 Å². The Hall–Kier alpha value is -1.46. The third-order valence-corrected chi connectivity index (χ3v) is 3.89. The van der Waals surface area contributed by atoms with E-state index >= 15 is 0 Å². The van der Waals surface area contributed by atoms with E-state index in [-0.39, 0.29) is 5.56 Å². The molecular weight excluding hydrogens is 340 g/mol. The predicted octanol–water partition coefficient (Wildman–Crippen LogP) is 4.35. The molecule has 0 saturated carbocycles. The van der Waals surface area contributed by atoms with Gasteiger partial charge in [-0.15, -0.1) is 0 Å². The van der Waals surface area contributed by atoms with Gasteiger partial charge in [0.25, 0.3) is 0 Å². The summed E-state index contributed by atoms with van der Waals surface area (Å²) >= 11 is 3.38. The minimum Gasteiger partial charge on any atom is -0.496 e. The standard InChI is InChI=1S/C16H16BrF2NO/c1-9-4-6-12(18)14(15(9)19)16(20-2)11-8-10(17)5-7-13(11)21-3/h4-8,16,20H,1-3H3. The molecule has 0 radical (unpaired) electrons. The molecule has 2 nitrogen and oxygen atoms in total. The number of halogens is 3. The summed E-state index contributed by atoms with van der Waals surface area (Å²) < 4.78 is 34.7. The van der Waals surface area contributed by atoms with E-state index in [4.69, 9.17) is 4.74 Å². The molecule has 1 N–H and O–H groups in total. The molecule has 0 aromatic heterocycles. The highest BCUT2D eigenvalue weighted by Gasteiger charge is 2.24. The Labute approximate surface area is 131 Å². The van der Waals surface area contributed by atoms with Crippen molar-refractivity contribution >= 4 is 15.9 Å². The second kappa shape index (κ2) is 6.54. The highest BCUT2D eigenvalue weighted by atomic mass is 79.9. The van der Waals surface area contributed by atoms with E-state index in [0.717, 1.165) is 4.47 Å². The Kier molecular flexibility index (Phi) is 4.96. The lowest BCUT2D eigenvalue weighted by atomic mass is 9.95. The van der Waals surface area contributed by atoms with E-state index in [0.29, 0.717) is 16.9 Å². The second-order valence-corrected chi connectivity index (χ2v) is 5.62. The monoisotopic (exact) mass is 355 g/mol. The fourth-order valence-corrected chi connectivity index (χ4v) is 2.71. The molecule has 2 rings (SSSR count). The van der Waals surface area contributed by atoms with E-state index in [2.05, 4.69) is 21.2 Å². The molecule has 0 aliphatic heterocycles. The van der Waals surface area contributed by atoms with Gasteiger partial charge < -0.3 is 10.1 Å². The number of rotatable bonds is 4. The maximum absolute atomic E-state index is 14.4. The van der Waals surface area contributed by atoms with Crippen molar-refractivity contribution in [2.24, 2.45) is 0 Å². The van der Waals surface area contributed by atoms with Crippen LogP contribution in [0.25, 0.3) is 0 Å². The van der Waals surface area contributed by atoms with Crippen LogP contribution in [0.3, 0.4) is 0 Å². The molecule has 0 bridgehead atoms. The normalized spacial score (nSPS) is 12.3. The van der Waals surface area contributed by atoms with Crippen LogP contribution in [0, 0.1) is 18.6 Å². The van der Waals surface area contributed by atoms with Gasteiger partial charge in [0.2, 0.25) is 0 Å². The highest BCUT2D eigenvalue weighted by Crippen LogP contribution is 2.35. The van der Waals surface area contributed by atoms with E-state index in [1.54, 1.807) is 26.1 Å². The van der Waals surface area contributed by atoms with Gasteiger partial charge in [0.05, 0.1) is 13.2 Å². The van der Waals surface area contributed by atoms with Gasteiger partial charge in [0.1, 0.15) is 17.4 Å². The summed E-state index contributed by atoms with van der Waals surface area (Å²) in [5.74, 6) is -0.561. The number of hydrogen-bond acceptors (Lipinski definition) is 2. The number of nitrogens with one attached hydrogen (secondary N) is 1. The Balaban J connectivity index is 2.66. The average Bonchev–Trinajstić information content (AvgIpc) is 2.47. The maximum atomic E-state index is 14.4.